The third-order valence-corrected chi connectivity index (χ3v) is 5.60. The molecule has 0 radical (unpaired) electrons. The van der Waals surface area contributed by atoms with Gasteiger partial charge in [0.2, 0.25) is 0 Å². The van der Waals surface area contributed by atoms with E-state index in [0.717, 1.165) is 24.6 Å². The zero-order valence-electron chi connectivity index (χ0n) is 15.7. The van der Waals surface area contributed by atoms with E-state index in [9.17, 15) is 14.4 Å². The van der Waals surface area contributed by atoms with Crippen LogP contribution in [0.5, 0.6) is 0 Å². The predicted octanol–water partition coefficient (Wildman–Crippen LogP) is 2.84. The molecule has 146 valence electrons. The summed E-state index contributed by atoms with van der Waals surface area (Å²) in [6, 6.07) is 7.97. The highest BCUT2D eigenvalue weighted by Gasteiger charge is 2.21. The Balaban J connectivity index is 1.81. The molecule has 3 rings (SSSR count). The Labute approximate surface area is 167 Å². The van der Waals surface area contributed by atoms with Gasteiger partial charge in [0, 0.05) is 35.8 Å². The van der Waals surface area contributed by atoms with E-state index in [-0.39, 0.29) is 22.9 Å². The van der Waals surface area contributed by atoms with Crippen LogP contribution in [0.2, 0.25) is 0 Å². The number of aromatic nitrogens is 1. The van der Waals surface area contributed by atoms with Crippen LogP contribution in [0.3, 0.4) is 0 Å². The van der Waals surface area contributed by atoms with Gasteiger partial charge in [-0.3, -0.25) is 9.59 Å². The number of thioether (sulfide) groups is 1. The monoisotopic (exact) mass is 399 g/mol. The fraction of sp³-hybridized carbons (Fsp3) is 0.300. The third-order valence-electron chi connectivity index (χ3n) is 4.66. The number of rotatable bonds is 4. The molecule has 2 amide bonds. The van der Waals surface area contributed by atoms with Crippen molar-refractivity contribution in [2.75, 3.05) is 29.9 Å². The number of hydrogen-bond acceptors (Lipinski definition) is 5. The second kappa shape index (κ2) is 8.43. The van der Waals surface area contributed by atoms with Crippen LogP contribution >= 0.6 is 11.8 Å². The van der Waals surface area contributed by atoms with E-state index in [1.807, 2.05) is 16.7 Å². The Morgan fingerprint density at radius 1 is 1.07 bits per heavy atom. The van der Waals surface area contributed by atoms with Crippen molar-refractivity contribution in [3.8, 4) is 0 Å². The van der Waals surface area contributed by atoms with Gasteiger partial charge in [0.1, 0.15) is 5.69 Å². The number of aromatic carboxylic acids is 1. The molecule has 2 N–H and O–H groups in total. The average molecular weight is 399 g/mol. The third kappa shape index (κ3) is 4.17. The lowest BCUT2D eigenvalue weighted by Crippen LogP contribution is -2.38. The minimum absolute atomic E-state index is 0.0336. The number of amides is 2. The first-order valence-electron chi connectivity index (χ1n) is 8.87. The summed E-state index contributed by atoms with van der Waals surface area (Å²) in [6.45, 7) is 4.78. The van der Waals surface area contributed by atoms with Crippen molar-refractivity contribution in [1.82, 2.24) is 9.88 Å². The maximum Gasteiger partial charge on any atom is 0.337 e. The lowest BCUT2D eigenvalue weighted by atomic mass is 10.0. The fourth-order valence-electron chi connectivity index (χ4n) is 3.04. The highest BCUT2D eigenvalue weighted by molar-refractivity contribution is 7.99. The molecule has 1 aliphatic rings. The first kappa shape index (κ1) is 19.9. The lowest BCUT2D eigenvalue weighted by Gasteiger charge is -2.27. The average Bonchev–Trinajstić information content (AvgIpc) is 2.69. The summed E-state index contributed by atoms with van der Waals surface area (Å²) in [4.78, 5) is 42.4. The van der Waals surface area contributed by atoms with Gasteiger partial charge in [0.15, 0.2) is 0 Å². The molecule has 2 heterocycles. The number of anilines is 1. The Hall–Kier alpha value is -2.87. The zero-order valence-corrected chi connectivity index (χ0v) is 16.5. The number of aryl methyl sites for hydroxylation is 1. The Kier molecular flexibility index (Phi) is 5.99. The van der Waals surface area contributed by atoms with E-state index in [1.165, 1.54) is 12.1 Å². The van der Waals surface area contributed by atoms with E-state index >= 15 is 0 Å². The van der Waals surface area contributed by atoms with Crippen LogP contribution in [0.4, 0.5) is 5.69 Å². The summed E-state index contributed by atoms with van der Waals surface area (Å²) >= 11 is 1.83. The molecular formula is C20H21N3O4S. The molecule has 28 heavy (non-hydrogen) atoms. The van der Waals surface area contributed by atoms with Crippen LogP contribution in [0.15, 0.2) is 30.3 Å². The van der Waals surface area contributed by atoms with Crippen LogP contribution in [-0.4, -0.2) is 57.4 Å². The molecule has 0 saturated carbocycles. The number of nitrogens with one attached hydrogen (secondary N) is 1. The predicted molar refractivity (Wildman–Crippen MR) is 108 cm³/mol. The molecule has 0 bridgehead atoms. The lowest BCUT2D eigenvalue weighted by molar-refractivity contribution is 0.0694. The highest BCUT2D eigenvalue weighted by Crippen LogP contribution is 2.22. The molecule has 0 unspecified atom stereocenters. The van der Waals surface area contributed by atoms with Gasteiger partial charge in [-0.1, -0.05) is 6.07 Å². The Bertz CT molecular complexity index is 939. The van der Waals surface area contributed by atoms with Crippen molar-refractivity contribution in [2.45, 2.75) is 13.8 Å². The Morgan fingerprint density at radius 3 is 2.43 bits per heavy atom. The molecule has 0 aliphatic carbocycles. The number of carbonyl (C=O) groups excluding carboxylic acids is 2. The van der Waals surface area contributed by atoms with Crippen molar-refractivity contribution in [3.63, 3.8) is 0 Å². The summed E-state index contributed by atoms with van der Waals surface area (Å²) in [5, 5.41) is 11.9. The smallest absolute Gasteiger partial charge is 0.337 e. The summed E-state index contributed by atoms with van der Waals surface area (Å²) in [6.07, 6.45) is 0. The molecule has 1 aliphatic heterocycles. The van der Waals surface area contributed by atoms with Crippen molar-refractivity contribution in [2.24, 2.45) is 0 Å². The van der Waals surface area contributed by atoms with Crippen LogP contribution in [0, 0.1) is 13.8 Å². The van der Waals surface area contributed by atoms with Gasteiger partial charge in [-0.25, -0.2) is 9.78 Å². The molecule has 1 aromatic carbocycles. The topological polar surface area (TPSA) is 99.6 Å². The van der Waals surface area contributed by atoms with Crippen LogP contribution in [0.25, 0.3) is 0 Å². The van der Waals surface area contributed by atoms with Gasteiger partial charge in [-0.2, -0.15) is 11.8 Å². The van der Waals surface area contributed by atoms with E-state index < -0.39 is 11.9 Å². The number of carboxylic acids is 1. The van der Waals surface area contributed by atoms with Crippen molar-refractivity contribution >= 4 is 35.2 Å². The highest BCUT2D eigenvalue weighted by atomic mass is 32.2. The molecule has 0 atom stereocenters. The molecule has 0 spiro atoms. The van der Waals surface area contributed by atoms with Gasteiger partial charge in [-0.05, 0) is 43.7 Å². The number of nitrogens with zero attached hydrogens (tertiary/aromatic N) is 2. The van der Waals surface area contributed by atoms with Gasteiger partial charge in [-0.15, -0.1) is 0 Å². The summed E-state index contributed by atoms with van der Waals surface area (Å²) in [5.74, 6) is 0.280. The molecule has 1 saturated heterocycles. The normalized spacial score (nSPS) is 13.9. The van der Waals surface area contributed by atoms with Gasteiger partial charge >= 0.3 is 5.97 Å². The maximum atomic E-state index is 12.8. The van der Waals surface area contributed by atoms with Gasteiger partial charge < -0.3 is 15.3 Å². The van der Waals surface area contributed by atoms with Crippen molar-refractivity contribution in [1.29, 1.82) is 0 Å². The van der Waals surface area contributed by atoms with E-state index in [1.54, 1.807) is 32.0 Å². The Morgan fingerprint density at radius 2 is 1.79 bits per heavy atom. The summed E-state index contributed by atoms with van der Waals surface area (Å²) in [7, 11) is 0. The summed E-state index contributed by atoms with van der Waals surface area (Å²) < 4.78 is 0. The molecule has 1 aromatic heterocycles. The minimum Gasteiger partial charge on any atom is -0.478 e. The molecule has 8 heteroatoms. The zero-order chi connectivity index (χ0) is 20.3. The minimum atomic E-state index is -1.09. The van der Waals surface area contributed by atoms with Crippen LogP contribution in [-0.2, 0) is 0 Å². The molecule has 2 aromatic rings. The first-order valence-corrected chi connectivity index (χ1v) is 10.0. The molecular weight excluding hydrogens is 378 g/mol. The molecule has 1 fully saturated rings. The van der Waals surface area contributed by atoms with E-state index in [0.29, 0.717) is 16.8 Å². The van der Waals surface area contributed by atoms with Crippen LogP contribution in [0.1, 0.15) is 42.5 Å². The largest absolute Gasteiger partial charge is 0.478 e. The van der Waals surface area contributed by atoms with Crippen LogP contribution < -0.4 is 5.32 Å². The number of hydrogen-bond donors (Lipinski definition) is 2. The van der Waals surface area contributed by atoms with E-state index in [2.05, 4.69) is 10.3 Å². The fourth-order valence-corrected chi connectivity index (χ4v) is 3.94. The number of carbonyl (C=O) groups is 3. The standard InChI is InChI=1S/C20H21N3O4S/c1-12-14(19(25)23-8-10-28-11-9-23)4-3-5-16(12)22-18(24)17-7-6-15(20(26)27)13(2)21-17/h3-7H,8-11H2,1-2H3,(H,22,24)(H,26,27). The SMILES string of the molecule is Cc1nc(C(=O)Nc2cccc(C(=O)N3CCSCC3)c2C)ccc1C(=O)O. The molecule has 7 nitrogen and oxygen atoms in total. The number of pyridine rings is 1. The van der Waals surface area contributed by atoms with E-state index in [4.69, 9.17) is 5.11 Å². The maximum absolute atomic E-state index is 12.8. The first-order chi connectivity index (χ1) is 13.4. The second-order valence-corrected chi connectivity index (χ2v) is 7.70. The van der Waals surface area contributed by atoms with Crippen molar-refractivity contribution in [3.05, 3.63) is 58.4 Å². The number of carboxylic acid groups (broad SMARTS) is 1. The quantitative estimate of drug-likeness (QED) is 0.820. The summed E-state index contributed by atoms with van der Waals surface area (Å²) in [5.41, 5.74) is 2.23. The number of benzene rings is 1. The van der Waals surface area contributed by atoms with Gasteiger partial charge in [0.25, 0.3) is 11.8 Å². The second-order valence-electron chi connectivity index (χ2n) is 6.47. The van der Waals surface area contributed by atoms with Gasteiger partial charge in [0.05, 0.1) is 11.3 Å². The van der Waals surface area contributed by atoms with Crippen molar-refractivity contribution < 1.29 is 19.5 Å².